The summed E-state index contributed by atoms with van der Waals surface area (Å²) in [7, 11) is 0. The lowest BCUT2D eigenvalue weighted by molar-refractivity contribution is -0.119. The van der Waals surface area contributed by atoms with Gasteiger partial charge in [-0.1, -0.05) is 19.8 Å². The maximum Gasteiger partial charge on any atom is 0.234 e. The van der Waals surface area contributed by atoms with E-state index in [0.29, 0.717) is 12.0 Å². The third-order valence-corrected chi connectivity index (χ3v) is 3.00. The van der Waals surface area contributed by atoms with Crippen molar-refractivity contribution in [1.82, 2.24) is 5.32 Å². The lowest BCUT2D eigenvalue weighted by atomic mass is 9.85. The molecule has 1 aliphatic carbocycles. The van der Waals surface area contributed by atoms with Gasteiger partial charge in [-0.15, -0.1) is 0 Å². The predicted octanol–water partition coefficient (Wildman–Crippen LogP) is 1.03. The number of nitrogens with one attached hydrogen (secondary N) is 1. The molecule has 1 aliphatic rings. The van der Waals surface area contributed by atoms with Crippen LogP contribution in [0.2, 0.25) is 0 Å². The fourth-order valence-electron chi connectivity index (χ4n) is 1.97. The molecule has 3 atom stereocenters. The Kier molecular flexibility index (Phi) is 3.72. The Morgan fingerprint density at radius 2 is 2.08 bits per heavy atom. The molecule has 1 saturated carbocycles. The highest BCUT2D eigenvalue weighted by atomic mass is 16.1. The Hall–Kier alpha value is -0.570. The number of hydrogen-bond acceptors (Lipinski definition) is 2. The summed E-state index contributed by atoms with van der Waals surface area (Å²) >= 11 is 0. The number of nitrogens with two attached hydrogens (primary N) is 1. The van der Waals surface area contributed by atoms with Crippen molar-refractivity contribution in [2.45, 2.75) is 51.6 Å². The van der Waals surface area contributed by atoms with Crippen molar-refractivity contribution >= 4 is 5.91 Å². The number of rotatable bonds is 3. The van der Waals surface area contributed by atoms with Crippen LogP contribution in [0, 0.1) is 5.92 Å². The van der Waals surface area contributed by atoms with Gasteiger partial charge >= 0.3 is 0 Å². The maximum absolute atomic E-state index is 10.8. The number of carbonyl (C=O) groups is 1. The molecule has 0 spiro atoms. The Morgan fingerprint density at radius 3 is 2.62 bits per heavy atom. The topological polar surface area (TPSA) is 55.1 Å². The molecular formula is C10H20N2O. The van der Waals surface area contributed by atoms with Crippen LogP contribution >= 0.6 is 0 Å². The standard InChI is InChI=1S/C10H20N2O/c1-7-5-3-4-6-9(7)12-8(2)10(11)13/h7-9,12H,3-6H2,1-2H3,(H2,11,13). The van der Waals surface area contributed by atoms with Gasteiger partial charge in [0.05, 0.1) is 6.04 Å². The molecule has 3 N–H and O–H groups in total. The van der Waals surface area contributed by atoms with Crippen LogP contribution in [0.25, 0.3) is 0 Å². The lowest BCUT2D eigenvalue weighted by Crippen LogP contribution is -2.47. The van der Waals surface area contributed by atoms with Gasteiger partial charge in [0.2, 0.25) is 5.91 Å². The van der Waals surface area contributed by atoms with Gasteiger partial charge in [-0.2, -0.15) is 0 Å². The minimum atomic E-state index is -0.252. The molecular weight excluding hydrogens is 164 g/mol. The fourth-order valence-corrected chi connectivity index (χ4v) is 1.97. The molecule has 13 heavy (non-hydrogen) atoms. The van der Waals surface area contributed by atoms with Gasteiger partial charge in [-0.05, 0) is 25.7 Å². The molecule has 3 unspecified atom stereocenters. The number of amides is 1. The summed E-state index contributed by atoms with van der Waals surface area (Å²) in [5, 5.41) is 3.29. The summed E-state index contributed by atoms with van der Waals surface area (Å²) in [6.07, 6.45) is 5.04. The van der Waals surface area contributed by atoms with Crippen molar-refractivity contribution in [2.24, 2.45) is 11.7 Å². The summed E-state index contributed by atoms with van der Waals surface area (Å²) in [5.41, 5.74) is 5.20. The van der Waals surface area contributed by atoms with E-state index in [2.05, 4.69) is 12.2 Å². The summed E-state index contributed by atoms with van der Waals surface area (Å²) in [5.74, 6) is 0.424. The van der Waals surface area contributed by atoms with Gasteiger partial charge in [-0.3, -0.25) is 4.79 Å². The average molecular weight is 184 g/mol. The predicted molar refractivity (Wildman–Crippen MR) is 53.2 cm³/mol. The first kappa shape index (κ1) is 10.5. The zero-order valence-electron chi connectivity index (χ0n) is 8.55. The van der Waals surface area contributed by atoms with Gasteiger partial charge < -0.3 is 11.1 Å². The fraction of sp³-hybridized carbons (Fsp3) is 0.900. The van der Waals surface area contributed by atoms with Crippen LogP contribution in [-0.4, -0.2) is 18.0 Å². The van der Waals surface area contributed by atoms with E-state index in [4.69, 9.17) is 5.73 Å². The number of carbonyl (C=O) groups excluding carboxylic acids is 1. The van der Waals surface area contributed by atoms with Crippen molar-refractivity contribution in [1.29, 1.82) is 0 Å². The second kappa shape index (κ2) is 4.61. The van der Waals surface area contributed by atoms with Crippen LogP contribution in [0.5, 0.6) is 0 Å². The quantitative estimate of drug-likeness (QED) is 0.688. The molecule has 1 rings (SSSR count). The Morgan fingerprint density at radius 1 is 1.46 bits per heavy atom. The van der Waals surface area contributed by atoms with Crippen LogP contribution in [0.4, 0.5) is 0 Å². The largest absolute Gasteiger partial charge is 0.368 e. The van der Waals surface area contributed by atoms with Crippen molar-refractivity contribution in [3.63, 3.8) is 0 Å². The van der Waals surface area contributed by atoms with E-state index in [1.54, 1.807) is 0 Å². The minimum absolute atomic E-state index is 0.189. The summed E-state index contributed by atoms with van der Waals surface area (Å²) in [4.78, 5) is 10.8. The van der Waals surface area contributed by atoms with Crippen molar-refractivity contribution < 1.29 is 4.79 Å². The molecule has 1 amide bonds. The molecule has 0 saturated heterocycles. The molecule has 0 aromatic rings. The zero-order valence-corrected chi connectivity index (χ0v) is 8.55. The highest BCUT2D eigenvalue weighted by Gasteiger charge is 2.23. The van der Waals surface area contributed by atoms with Gasteiger partial charge in [0, 0.05) is 6.04 Å². The molecule has 76 valence electrons. The first-order valence-corrected chi connectivity index (χ1v) is 5.16. The van der Waals surface area contributed by atoms with E-state index >= 15 is 0 Å². The maximum atomic E-state index is 10.8. The molecule has 0 heterocycles. The van der Waals surface area contributed by atoms with Crippen LogP contribution in [0.1, 0.15) is 39.5 Å². The molecule has 0 radical (unpaired) electrons. The van der Waals surface area contributed by atoms with E-state index in [-0.39, 0.29) is 11.9 Å². The zero-order chi connectivity index (χ0) is 9.84. The van der Waals surface area contributed by atoms with E-state index in [1.165, 1.54) is 25.7 Å². The van der Waals surface area contributed by atoms with Gasteiger partial charge in [-0.25, -0.2) is 0 Å². The lowest BCUT2D eigenvalue weighted by Gasteiger charge is -2.31. The highest BCUT2D eigenvalue weighted by molar-refractivity contribution is 5.79. The van der Waals surface area contributed by atoms with Crippen molar-refractivity contribution in [3.05, 3.63) is 0 Å². The van der Waals surface area contributed by atoms with Crippen LogP contribution in [0.15, 0.2) is 0 Å². The molecule has 0 aromatic heterocycles. The second-order valence-corrected chi connectivity index (χ2v) is 4.16. The van der Waals surface area contributed by atoms with E-state index in [1.807, 2.05) is 6.92 Å². The molecule has 0 bridgehead atoms. The van der Waals surface area contributed by atoms with Crippen LogP contribution in [0.3, 0.4) is 0 Å². The first-order chi connectivity index (χ1) is 6.11. The second-order valence-electron chi connectivity index (χ2n) is 4.16. The van der Waals surface area contributed by atoms with E-state index in [9.17, 15) is 4.79 Å². The van der Waals surface area contributed by atoms with Crippen LogP contribution < -0.4 is 11.1 Å². The highest BCUT2D eigenvalue weighted by Crippen LogP contribution is 2.23. The SMILES string of the molecule is CC(NC1CCCCC1C)C(N)=O. The van der Waals surface area contributed by atoms with E-state index in [0.717, 1.165) is 0 Å². The Balaban J connectivity index is 2.37. The smallest absolute Gasteiger partial charge is 0.234 e. The van der Waals surface area contributed by atoms with Gasteiger partial charge in [0.1, 0.15) is 0 Å². The monoisotopic (exact) mass is 184 g/mol. The Labute approximate surface area is 80.1 Å². The third kappa shape index (κ3) is 2.99. The molecule has 1 fully saturated rings. The van der Waals surface area contributed by atoms with Crippen LogP contribution in [-0.2, 0) is 4.79 Å². The van der Waals surface area contributed by atoms with E-state index < -0.39 is 0 Å². The molecule has 3 nitrogen and oxygen atoms in total. The third-order valence-electron chi connectivity index (χ3n) is 3.00. The first-order valence-electron chi connectivity index (χ1n) is 5.16. The summed E-state index contributed by atoms with van der Waals surface area (Å²) < 4.78 is 0. The normalized spacial score (nSPS) is 31.2. The average Bonchev–Trinajstić information content (AvgIpc) is 2.08. The molecule has 0 aliphatic heterocycles. The Bertz CT molecular complexity index is 182. The molecule has 3 heteroatoms. The number of primary amides is 1. The van der Waals surface area contributed by atoms with Crippen molar-refractivity contribution in [3.8, 4) is 0 Å². The summed E-state index contributed by atoms with van der Waals surface area (Å²) in [6.45, 7) is 4.08. The molecule has 0 aromatic carbocycles. The van der Waals surface area contributed by atoms with Gasteiger partial charge in [0.15, 0.2) is 0 Å². The van der Waals surface area contributed by atoms with Gasteiger partial charge in [0.25, 0.3) is 0 Å². The summed E-state index contributed by atoms with van der Waals surface area (Å²) in [6, 6.07) is 0.293. The minimum Gasteiger partial charge on any atom is -0.368 e. The number of hydrogen-bond donors (Lipinski definition) is 2. The van der Waals surface area contributed by atoms with Crippen molar-refractivity contribution in [2.75, 3.05) is 0 Å².